The zero-order valence-electron chi connectivity index (χ0n) is 9.23. The molecular weight excluding hydrogens is 196 g/mol. The molecule has 0 aromatic rings. The van der Waals surface area contributed by atoms with E-state index in [-0.39, 0.29) is 13.1 Å². The van der Waals surface area contributed by atoms with E-state index in [1.165, 1.54) is 4.90 Å². The summed E-state index contributed by atoms with van der Waals surface area (Å²) in [5, 5.41) is 9.44. The van der Waals surface area contributed by atoms with Gasteiger partial charge in [-0.2, -0.15) is 0 Å². The van der Waals surface area contributed by atoms with Crippen LogP contribution < -0.4 is 0 Å². The number of β-amino-alcohol motifs (C(OH)–C–C–N with tert-alkyl or cyclic N) is 1. The van der Waals surface area contributed by atoms with Gasteiger partial charge < -0.3 is 14.7 Å². The van der Waals surface area contributed by atoms with Gasteiger partial charge in [0.15, 0.2) is 0 Å². The van der Waals surface area contributed by atoms with Gasteiger partial charge in [0, 0.05) is 0 Å². The van der Waals surface area contributed by atoms with Gasteiger partial charge in [0.1, 0.15) is 18.2 Å². The van der Waals surface area contributed by atoms with E-state index in [2.05, 4.69) is 4.85 Å². The van der Waals surface area contributed by atoms with E-state index in [0.717, 1.165) is 0 Å². The van der Waals surface area contributed by atoms with E-state index in [9.17, 15) is 9.90 Å². The molecule has 0 spiro atoms. The van der Waals surface area contributed by atoms with Crippen molar-refractivity contribution >= 4 is 6.09 Å². The van der Waals surface area contributed by atoms with E-state index < -0.39 is 23.8 Å². The van der Waals surface area contributed by atoms with Crippen LogP contribution >= 0.6 is 0 Å². The molecule has 0 aliphatic carbocycles. The highest BCUT2D eigenvalue weighted by molar-refractivity contribution is 5.68. The average molecular weight is 212 g/mol. The number of carbonyl (C=O) groups is 1. The first kappa shape index (κ1) is 11.8. The van der Waals surface area contributed by atoms with Gasteiger partial charge in [-0.15, -0.1) is 0 Å². The van der Waals surface area contributed by atoms with Crippen LogP contribution in [0.25, 0.3) is 4.85 Å². The van der Waals surface area contributed by atoms with Crippen LogP contribution in [-0.4, -0.2) is 46.9 Å². The summed E-state index contributed by atoms with van der Waals surface area (Å²) >= 11 is 0. The topological polar surface area (TPSA) is 54.1 Å². The van der Waals surface area contributed by atoms with Gasteiger partial charge in [0.2, 0.25) is 0 Å². The second-order valence-electron chi connectivity index (χ2n) is 4.65. The number of likely N-dealkylation sites (tertiary alicyclic amines) is 1. The summed E-state index contributed by atoms with van der Waals surface area (Å²) in [7, 11) is 0. The van der Waals surface area contributed by atoms with Gasteiger partial charge in [0.25, 0.3) is 6.04 Å². The molecule has 0 aromatic heterocycles. The fourth-order valence-electron chi connectivity index (χ4n) is 1.37. The molecule has 0 aromatic carbocycles. The maximum Gasteiger partial charge on any atom is 0.410 e. The molecule has 2 atom stereocenters. The number of aliphatic hydroxyl groups is 1. The van der Waals surface area contributed by atoms with E-state index in [4.69, 9.17) is 11.3 Å². The van der Waals surface area contributed by atoms with Gasteiger partial charge >= 0.3 is 6.09 Å². The summed E-state index contributed by atoms with van der Waals surface area (Å²) in [6.45, 7) is 12.6. The molecule has 1 aliphatic heterocycles. The molecule has 1 rings (SSSR count). The molecule has 0 radical (unpaired) electrons. The van der Waals surface area contributed by atoms with Crippen molar-refractivity contribution in [1.82, 2.24) is 4.90 Å². The molecule has 5 nitrogen and oxygen atoms in total. The lowest BCUT2D eigenvalue weighted by molar-refractivity contribution is 0.0270. The van der Waals surface area contributed by atoms with Crippen LogP contribution in [0.1, 0.15) is 20.8 Å². The molecule has 1 heterocycles. The molecule has 1 fully saturated rings. The number of hydrogen-bond acceptors (Lipinski definition) is 3. The second kappa shape index (κ2) is 4.07. The highest BCUT2D eigenvalue weighted by Gasteiger charge is 2.39. The van der Waals surface area contributed by atoms with E-state index in [1.807, 2.05) is 0 Å². The molecule has 84 valence electrons. The zero-order chi connectivity index (χ0) is 11.6. The minimum atomic E-state index is -0.755. The lowest BCUT2D eigenvalue weighted by Crippen LogP contribution is -2.35. The van der Waals surface area contributed by atoms with E-state index in [0.29, 0.717) is 0 Å². The Labute approximate surface area is 89.4 Å². The highest BCUT2D eigenvalue weighted by Crippen LogP contribution is 2.17. The molecular formula is C10H16N2O3. The van der Waals surface area contributed by atoms with Crippen molar-refractivity contribution < 1.29 is 14.6 Å². The maximum absolute atomic E-state index is 11.6. The number of amides is 1. The van der Waals surface area contributed by atoms with Crippen LogP contribution in [0.15, 0.2) is 0 Å². The lowest BCUT2D eigenvalue weighted by atomic mass is 10.2. The number of aliphatic hydroxyl groups excluding tert-OH is 1. The third kappa shape index (κ3) is 3.10. The van der Waals surface area contributed by atoms with Crippen molar-refractivity contribution in [3.63, 3.8) is 0 Å². The van der Waals surface area contributed by atoms with Crippen molar-refractivity contribution in [1.29, 1.82) is 0 Å². The van der Waals surface area contributed by atoms with Crippen LogP contribution in [0, 0.1) is 6.57 Å². The molecule has 15 heavy (non-hydrogen) atoms. The van der Waals surface area contributed by atoms with Crippen molar-refractivity contribution in [3.05, 3.63) is 11.4 Å². The first-order valence-corrected chi connectivity index (χ1v) is 4.86. The third-order valence-corrected chi connectivity index (χ3v) is 2.08. The Morgan fingerprint density at radius 3 is 2.53 bits per heavy atom. The number of rotatable bonds is 0. The molecule has 1 aliphatic rings. The van der Waals surface area contributed by atoms with Crippen LogP contribution in [0.5, 0.6) is 0 Å². The molecule has 0 bridgehead atoms. The highest BCUT2D eigenvalue weighted by atomic mass is 16.6. The number of hydrogen-bond donors (Lipinski definition) is 1. The number of nitrogens with zero attached hydrogens (tertiary/aromatic N) is 2. The van der Waals surface area contributed by atoms with E-state index in [1.54, 1.807) is 20.8 Å². The molecule has 1 amide bonds. The number of carbonyl (C=O) groups excluding carboxylic acids is 1. The van der Waals surface area contributed by atoms with Gasteiger partial charge in [-0.25, -0.2) is 11.4 Å². The quantitative estimate of drug-likeness (QED) is 0.607. The smallest absolute Gasteiger partial charge is 0.410 e. The summed E-state index contributed by atoms with van der Waals surface area (Å²) in [5.41, 5.74) is -0.543. The Morgan fingerprint density at radius 1 is 1.53 bits per heavy atom. The maximum atomic E-state index is 11.6. The van der Waals surface area contributed by atoms with E-state index >= 15 is 0 Å². The monoisotopic (exact) mass is 212 g/mol. The lowest BCUT2D eigenvalue weighted by Gasteiger charge is -2.23. The van der Waals surface area contributed by atoms with Gasteiger partial charge in [-0.1, -0.05) is 0 Å². The minimum absolute atomic E-state index is 0.183. The molecule has 5 heteroatoms. The van der Waals surface area contributed by atoms with Gasteiger partial charge in [0.05, 0.1) is 6.54 Å². The predicted octanol–water partition coefficient (Wildman–Crippen LogP) is 0.886. The van der Waals surface area contributed by atoms with Crippen molar-refractivity contribution in [2.45, 2.75) is 38.5 Å². The SMILES string of the molecule is [C-]#[N+][C@@H]1CN(C(=O)OC(C)(C)C)C[C@H]1O. The van der Waals surface area contributed by atoms with Crippen LogP contribution in [0.4, 0.5) is 4.79 Å². The molecule has 0 unspecified atom stereocenters. The molecule has 0 saturated carbocycles. The Hall–Kier alpha value is -1.28. The fourth-order valence-corrected chi connectivity index (χ4v) is 1.37. The summed E-state index contributed by atoms with van der Waals surface area (Å²) < 4.78 is 5.14. The largest absolute Gasteiger partial charge is 0.444 e. The van der Waals surface area contributed by atoms with Crippen molar-refractivity contribution in [3.8, 4) is 0 Å². The normalized spacial score (nSPS) is 26.2. The third-order valence-electron chi connectivity index (χ3n) is 2.08. The van der Waals surface area contributed by atoms with Crippen LogP contribution in [-0.2, 0) is 4.74 Å². The van der Waals surface area contributed by atoms with Gasteiger partial charge in [-0.05, 0) is 20.8 Å². The van der Waals surface area contributed by atoms with Crippen molar-refractivity contribution in [2.75, 3.05) is 13.1 Å². The van der Waals surface area contributed by atoms with Gasteiger partial charge in [-0.3, -0.25) is 4.90 Å². The Balaban J connectivity index is 2.54. The standard InChI is InChI=1S/C10H16N2O3/c1-10(2,3)15-9(14)12-5-7(11-4)8(13)6-12/h7-8,13H,5-6H2,1-3H3/t7-,8-/m1/s1. The molecule has 1 saturated heterocycles. The summed E-state index contributed by atoms with van der Waals surface area (Å²) in [6, 6.07) is -0.516. The first-order valence-electron chi connectivity index (χ1n) is 4.86. The Morgan fingerprint density at radius 2 is 2.13 bits per heavy atom. The first-order chi connectivity index (χ1) is 6.83. The summed E-state index contributed by atoms with van der Waals surface area (Å²) in [4.78, 5) is 16.2. The molecule has 1 N–H and O–H groups in total. The fraction of sp³-hybridized carbons (Fsp3) is 0.800. The summed E-state index contributed by atoms with van der Waals surface area (Å²) in [5.74, 6) is 0. The van der Waals surface area contributed by atoms with Crippen molar-refractivity contribution in [2.24, 2.45) is 0 Å². The average Bonchev–Trinajstić information content (AvgIpc) is 2.43. The Kier molecular flexibility index (Phi) is 3.20. The Bertz CT molecular complexity index is 290. The number of ether oxygens (including phenoxy) is 1. The van der Waals surface area contributed by atoms with Crippen LogP contribution in [0.2, 0.25) is 0 Å². The zero-order valence-corrected chi connectivity index (χ0v) is 9.23. The minimum Gasteiger partial charge on any atom is -0.444 e. The predicted molar refractivity (Wildman–Crippen MR) is 54.2 cm³/mol. The summed E-state index contributed by atoms with van der Waals surface area (Å²) in [6.07, 6.45) is -1.22. The second-order valence-corrected chi connectivity index (χ2v) is 4.65. The van der Waals surface area contributed by atoms with Crippen LogP contribution in [0.3, 0.4) is 0 Å².